The summed E-state index contributed by atoms with van der Waals surface area (Å²) in [7, 11) is -3.22. The molecule has 16 heavy (non-hydrogen) atoms. The van der Waals surface area contributed by atoms with E-state index in [1.54, 1.807) is 13.0 Å². The number of sulfonamides is 1. The lowest BCUT2D eigenvalue weighted by Gasteiger charge is -2.02. The first-order valence-corrected chi connectivity index (χ1v) is 6.78. The fourth-order valence-electron chi connectivity index (χ4n) is 1.24. The first-order chi connectivity index (χ1) is 7.57. The molecule has 0 aliphatic carbocycles. The maximum Gasteiger partial charge on any atom is 0.233 e. The third kappa shape index (κ3) is 3.95. The van der Waals surface area contributed by atoms with Crippen LogP contribution in [0.25, 0.3) is 0 Å². The Balaban J connectivity index is 2.56. The van der Waals surface area contributed by atoms with E-state index < -0.39 is 10.0 Å². The van der Waals surface area contributed by atoms with Gasteiger partial charge in [0, 0.05) is 12.1 Å². The second kappa shape index (κ2) is 5.56. The van der Waals surface area contributed by atoms with Gasteiger partial charge in [-0.05, 0) is 31.9 Å². The van der Waals surface area contributed by atoms with Crippen LogP contribution in [0.2, 0.25) is 0 Å². The zero-order valence-corrected chi connectivity index (χ0v) is 9.97. The minimum Gasteiger partial charge on any atom is -0.345 e. The van der Waals surface area contributed by atoms with Crippen molar-refractivity contribution >= 4 is 15.8 Å². The molecular formula is C10H15N3O2S. The molecule has 0 unspecified atom stereocenters. The van der Waals surface area contributed by atoms with E-state index in [-0.39, 0.29) is 5.75 Å². The predicted octanol–water partition coefficient (Wildman–Crippen LogP) is 1.62. The molecule has 0 fully saturated rings. The molecule has 0 saturated heterocycles. The molecule has 0 atom stereocenters. The van der Waals surface area contributed by atoms with Gasteiger partial charge in [0.15, 0.2) is 0 Å². The van der Waals surface area contributed by atoms with Crippen LogP contribution in [0.15, 0.2) is 12.1 Å². The van der Waals surface area contributed by atoms with Crippen LogP contribution in [-0.4, -0.2) is 19.2 Å². The Morgan fingerprint density at radius 1 is 1.50 bits per heavy atom. The molecule has 0 aromatic carbocycles. The Kier molecular flexibility index (Phi) is 4.38. The zero-order valence-electron chi connectivity index (χ0n) is 9.16. The number of hydrogen-bond donors (Lipinski definition) is 2. The lowest BCUT2D eigenvalue weighted by Crippen LogP contribution is -2.14. The lowest BCUT2D eigenvalue weighted by molar-refractivity contribution is 0.602. The Hall–Kier alpha value is -1.48. The molecular weight excluding hydrogens is 226 g/mol. The standard InChI is InChI=1S/C10H15N3O2S/c1-2-16(14,15)13-10-7-6-9(12-10)5-3-4-8-11/h6-7,12-13H,2-5H2,1H3. The van der Waals surface area contributed by atoms with Gasteiger partial charge in [-0.15, -0.1) is 0 Å². The second-order valence-electron chi connectivity index (χ2n) is 3.41. The molecule has 0 saturated carbocycles. The average Bonchev–Trinajstić information content (AvgIpc) is 2.65. The number of anilines is 1. The molecule has 1 rings (SSSR count). The number of aromatic nitrogens is 1. The molecule has 0 amide bonds. The second-order valence-corrected chi connectivity index (χ2v) is 5.43. The molecule has 0 aliphatic rings. The third-order valence-corrected chi connectivity index (χ3v) is 3.42. The van der Waals surface area contributed by atoms with E-state index >= 15 is 0 Å². The number of aromatic amines is 1. The van der Waals surface area contributed by atoms with E-state index in [1.807, 2.05) is 6.07 Å². The van der Waals surface area contributed by atoms with Gasteiger partial charge in [0.25, 0.3) is 0 Å². The van der Waals surface area contributed by atoms with Crippen molar-refractivity contribution < 1.29 is 8.42 Å². The van der Waals surface area contributed by atoms with Gasteiger partial charge in [0.2, 0.25) is 10.0 Å². The van der Waals surface area contributed by atoms with Crippen LogP contribution in [0.4, 0.5) is 5.82 Å². The summed E-state index contributed by atoms with van der Waals surface area (Å²) in [5.41, 5.74) is 0.934. The molecule has 88 valence electrons. The van der Waals surface area contributed by atoms with Crippen LogP contribution < -0.4 is 4.72 Å². The number of nitrogens with zero attached hydrogens (tertiary/aromatic N) is 1. The Morgan fingerprint density at radius 3 is 2.88 bits per heavy atom. The van der Waals surface area contributed by atoms with Gasteiger partial charge in [0.1, 0.15) is 5.82 Å². The molecule has 1 aromatic rings. The third-order valence-electron chi connectivity index (χ3n) is 2.13. The monoisotopic (exact) mass is 241 g/mol. The Labute approximate surface area is 95.5 Å². The topological polar surface area (TPSA) is 85.8 Å². The average molecular weight is 241 g/mol. The van der Waals surface area contributed by atoms with Crippen molar-refractivity contribution in [3.05, 3.63) is 17.8 Å². The number of H-pyrrole nitrogens is 1. The number of unbranched alkanes of at least 4 members (excludes halogenated alkanes) is 1. The van der Waals surface area contributed by atoms with Crippen LogP contribution in [0, 0.1) is 11.3 Å². The first-order valence-electron chi connectivity index (χ1n) is 5.12. The lowest BCUT2D eigenvalue weighted by atomic mass is 10.2. The smallest absolute Gasteiger partial charge is 0.233 e. The summed E-state index contributed by atoms with van der Waals surface area (Å²) >= 11 is 0. The molecule has 1 aromatic heterocycles. The number of nitriles is 1. The van der Waals surface area contributed by atoms with Gasteiger partial charge in [-0.2, -0.15) is 5.26 Å². The summed E-state index contributed by atoms with van der Waals surface area (Å²) in [6.45, 7) is 1.58. The van der Waals surface area contributed by atoms with Crippen molar-refractivity contribution in [2.45, 2.75) is 26.2 Å². The molecule has 6 heteroatoms. The first kappa shape index (κ1) is 12.6. The van der Waals surface area contributed by atoms with Crippen molar-refractivity contribution in [1.82, 2.24) is 4.98 Å². The highest BCUT2D eigenvalue weighted by Gasteiger charge is 2.07. The minimum absolute atomic E-state index is 0.0514. The summed E-state index contributed by atoms with van der Waals surface area (Å²) in [6, 6.07) is 5.58. The molecule has 0 aliphatic heterocycles. The molecule has 0 bridgehead atoms. The Bertz CT molecular complexity index is 470. The normalized spacial score (nSPS) is 11.0. The van der Waals surface area contributed by atoms with E-state index in [2.05, 4.69) is 15.8 Å². The molecule has 5 nitrogen and oxygen atoms in total. The zero-order chi connectivity index (χ0) is 12.0. The number of aryl methyl sites for hydroxylation is 1. The van der Waals surface area contributed by atoms with Gasteiger partial charge in [-0.1, -0.05) is 0 Å². The molecule has 0 radical (unpaired) electrons. The Morgan fingerprint density at radius 2 is 2.25 bits per heavy atom. The van der Waals surface area contributed by atoms with Crippen molar-refractivity contribution in [3.63, 3.8) is 0 Å². The SMILES string of the molecule is CCS(=O)(=O)Nc1ccc(CCCC#N)[nH]1. The number of hydrogen-bond acceptors (Lipinski definition) is 3. The van der Waals surface area contributed by atoms with Crippen molar-refractivity contribution in [2.24, 2.45) is 0 Å². The maximum absolute atomic E-state index is 11.3. The molecule has 2 N–H and O–H groups in total. The maximum atomic E-state index is 11.3. The summed E-state index contributed by atoms with van der Waals surface area (Å²) < 4.78 is 25.0. The summed E-state index contributed by atoms with van der Waals surface area (Å²) in [6.07, 6.45) is 2.04. The highest BCUT2D eigenvalue weighted by molar-refractivity contribution is 7.92. The van der Waals surface area contributed by atoms with E-state index in [9.17, 15) is 8.42 Å². The van der Waals surface area contributed by atoms with Crippen molar-refractivity contribution in [1.29, 1.82) is 5.26 Å². The number of nitrogens with one attached hydrogen (secondary N) is 2. The fraction of sp³-hybridized carbons (Fsp3) is 0.500. The summed E-state index contributed by atoms with van der Waals surface area (Å²) in [5, 5.41) is 8.38. The van der Waals surface area contributed by atoms with Crippen molar-refractivity contribution in [2.75, 3.05) is 10.5 Å². The van der Waals surface area contributed by atoms with Crippen molar-refractivity contribution in [3.8, 4) is 6.07 Å². The summed E-state index contributed by atoms with van der Waals surface area (Å²) in [5.74, 6) is 0.532. The largest absolute Gasteiger partial charge is 0.345 e. The van der Waals surface area contributed by atoms with Gasteiger partial charge in [-0.25, -0.2) is 8.42 Å². The van der Waals surface area contributed by atoms with Gasteiger partial charge < -0.3 is 4.98 Å². The van der Waals surface area contributed by atoms with E-state index in [4.69, 9.17) is 5.26 Å². The fourth-order valence-corrected chi connectivity index (χ4v) is 1.84. The van der Waals surface area contributed by atoms with E-state index in [0.717, 1.165) is 18.5 Å². The van der Waals surface area contributed by atoms with Gasteiger partial charge >= 0.3 is 0 Å². The van der Waals surface area contributed by atoms with E-state index in [0.29, 0.717) is 12.2 Å². The highest BCUT2D eigenvalue weighted by Crippen LogP contribution is 2.11. The highest BCUT2D eigenvalue weighted by atomic mass is 32.2. The van der Waals surface area contributed by atoms with Crippen LogP contribution in [0.1, 0.15) is 25.5 Å². The van der Waals surface area contributed by atoms with Crippen LogP contribution in [-0.2, 0) is 16.4 Å². The molecule has 0 spiro atoms. The van der Waals surface area contributed by atoms with Gasteiger partial charge in [0.05, 0.1) is 11.8 Å². The predicted molar refractivity (Wildman–Crippen MR) is 62.4 cm³/mol. The molecule has 1 heterocycles. The summed E-state index contributed by atoms with van der Waals surface area (Å²) in [4.78, 5) is 2.96. The van der Waals surface area contributed by atoms with Crippen LogP contribution >= 0.6 is 0 Å². The van der Waals surface area contributed by atoms with E-state index in [1.165, 1.54) is 0 Å². The quantitative estimate of drug-likeness (QED) is 0.742. The minimum atomic E-state index is -3.22. The van der Waals surface area contributed by atoms with Crippen LogP contribution in [0.5, 0.6) is 0 Å². The van der Waals surface area contributed by atoms with Crippen LogP contribution in [0.3, 0.4) is 0 Å². The number of rotatable bonds is 6. The van der Waals surface area contributed by atoms with Gasteiger partial charge in [-0.3, -0.25) is 4.72 Å².